The molecule has 4 nitrogen and oxygen atoms in total. The molecular formula is C14H17FN2O2. The predicted octanol–water partition coefficient (Wildman–Crippen LogP) is 0.759. The minimum atomic E-state index is -0.305. The zero-order valence-corrected chi connectivity index (χ0v) is 10.7. The summed E-state index contributed by atoms with van der Waals surface area (Å²) in [6.45, 7) is 1.95. The number of carbonyl (C=O) groups excluding carboxylic acids is 2. The fraction of sp³-hybridized carbons (Fsp3) is 0.429. The van der Waals surface area contributed by atoms with Crippen LogP contribution >= 0.6 is 0 Å². The summed E-state index contributed by atoms with van der Waals surface area (Å²) in [5.74, 6) is -0.297. The van der Waals surface area contributed by atoms with Crippen LogP contribution in [0.25, 0.3) is 0 Å². The van der Waals surface area contributed by atoms with Crippen molar-refractivity contribution in [2.45, 2.75) is 12.8 Å². The summed E-state index contributed by atoms with van der Waals surface area (Å²) < 4.78 is 12.7. The molecule has 1 fully saturated rings. The zero-order chi connectivity index (χ0) is 13.7. The topological polar surface area (TPSA) is 49.4 Å². The van der Waals surface area contributed by atoms with Crippen molar-refractivity contribution >= 4 is 11.7 Å². The second-order valence-electron chi connectivity index (χ2n) is 4.76. The third-order valence-corrected chi connectivity index (χ3v) is 3.06. The van der Waals surface area contributed by atoms with E-state index in [1.165, 1.54) is 12.1 Å². The smallest absolute Gasteiger partial charge is 0.234 e. The van der Waals surface area contributed by atoms with Crippen LogP contribution in [0.4, 0.5) is 4.39 Å². The van der Waals surface area contributed by atoms with Crippen LogP contribution in [0.5, 0.6) is 0 Å². The van der Waals surface area contributed by atoms with E-state index in [-0.39, 0.29) is 37.0 Å². The number of nitrogens with one attached hydrogen (secondary N) is 1. The maximum atomic E-state index is 12.7. The first kappa shape index (κ1) is 13.7. The van der Waals surface area contributed by atoms with Crippen LogP contribution in [0, 0.1) is 5.82 Å². The summed E-state index contributed by atoms with van der Waals surface area (Å²) in [4.78, 5) is 25.1. The molecule has 1 aromatic rings. The number of ketones is 1. The van der Waals surface area contributed by atoms with Crippen LogP contribution in [-0.4, -0.2) is 42.8 Å². The molecule has 0 aromatic heterocycles. The Balaban J connectivity index is 1.86. The normalized spacial score (nSPS) is 16.8. The van der Waals surface area contributed by atoms with Crippen LogP contribution in [0.1, 0.15) is 12.0 Å². The maximum absolute atomic E-state index is 12.7. The number of Topliss-reactive ketones (excluding diaryl/α,β-unsaturated/α-hetero) is 1. The van der Waals surface area contributed by atoms with E-state index < -0.39 is 0 Å². The lowest BCUT2D eigenvalue weighted by atomic mass is 10.1. The van der Waals surface area contributed by atoms with E-state index in [1.54, 1.807) is 12.1 Å². The predicted molar refractivity (Wildman–Crippen MR) is 69.2 cm³/mol. The first-order chi connectivity index (χ1) is 9.13. The van der Waals surface area contributed by atoms with Gasteiger partial charge in [0.15, 0.2) is 5.78 Å². The van der Waals surface area contributed by atoms with E-state index in [1.807, 2.05) is 4.90 Å². The van der Waals surface area contributed by atoms with Crippen molar-refractivity contribution in [3.63, 3.8) is 0 Å². The van der Waals surface area contributed by atoms with Gasteiger partial charge in [-0.2, -0.15) is 0 Å². The highest BCUT2D eigenvalue weighted by Gasteiger charge is 2.17. The zero-order valence-electron chi connectivity index (χ0n) is 10.7. The standard InChI is InChI=1S/C14H17FN2O2/c15-12-4-2-11(3-5-12)8-13(18)9-17-7-1-6-16-14(19)10-17/h2-5H,1,6-10H2,(H,16,19). The molecule has 0 saturated carbocycles. The lowest BCUT2D eigenvalue weighted by Gasteiger charge is -2.17. The lowest BCUT2D eigenvalue weighted by molar-refractivity contribution is -0.123. The van der Waals surface area contributed by atoms with Crippen molar-refractivity contribution in [1.29, 1.82) is 0 Å². The molecule has 1 aromatic carbocycles. The van der Waals surface area contributed by atoms with Gasteiger partial charge in [-0.15, -0.1) is 0 Å². The van der Waals surface area contributed by atoms with Gasteiger partial charge < -0.3 is 5.32 Å². The summed E-state index contributed by atoms with van der Waals surface area (Å²) >= 11 is 0. The maximum Gasteiger partial charge on any atom is 0.234 e. The van der Waals surface area contributed by atoms with Gasteiger partial charge in [-0.1, -0.05) is 12.1 Å². The minimum absolute atomic E-state index is 0.0351. The first-order valence-corrected chi connectivity index (χ1v) is 6.39. The van der Waals surface area contributed by atoms with Crippen molar-refractivity contribution in [2.75, 3.05) is 26.2 Å². The highest BCUT2D eigenvalue weighted by Crippen LogP contribution is 2.05. The van der Waals surface area contributed by atoms with Crippen molar-refractivity contribution < 1.29 is 14.0 Å². The molecule has 1 heterocycles. The number of nitrogens with zero attached hydrogens (tertiary/aromatic N) is 1. The van der Waals surface area contributed by atoms with E-state index in [0.29, 0.717) is 6.54 Å². The quantitative estimate of drug-likeness (QED) is 0.873. The Labute approximate surface area is 111 Å². The first-order valence-electron chi connectivity index (χ1n) is 6.39. The van der Waals surface area contributed by atoms with E-state index in [0.717, 1.165) is 18.5 Å². The van der Waals surface area contributed by atoms with Crippen LogP contribution in [0.2, 0.25) is 0 Å². The van der Waals surface area contributed by atoms with Gasteiger partial charge in [-0.3, -0.25) is 14.5 Å². The van der Waals surface area contributed by atoms with Gasteiger partial charge in [0, 0.05) is 19.5 Å². The molecule has 5 heteroatoms. The van der Waals surface area contributed by atoms with Crippen LogP contribution in [0.15, 0.2) is 24.3 Å². The van der Waals surface area contributed by atoms with Crippen LogP contribution in [-0.2, 0) is 16.0 Å². The van der Waals surface area contributed by atoms with E-state index in [4.69, 9.17) is 0 Å². The lowest BCUT2D eigenvalue weighted by Crippen LogP contribution is -2.36. The number of amides is 1. The van der Waals surface area contributed by atoms with Gasteiger partial charge >= 0.3 is 0 Å². The molecule has 0 spiro atoms. The van der Waals surface area contributed by atoms with Crippen molar-refractivity contribution in [1.82, 2.24) is 10.2 Å². The highest BCUT2D eigenvalue weighted by molar-refractivity contribution is 5.84. The molecule has 0 aliphatic carbocycles. The monoisotopic (exact) mass is 264 g/mol. The van der Waals surface area contributed by atoms with Gasteiger partial charge in [0.25, 0.3) is 0 Å². The SMILES string of the molecule is O=C(Cc1ccc(F)cc1)CN1CCCNC(=O)C1. The Morgan fingerprint density at radius 2 is 2.05 bits per heavy atom. The summed E-state index contributed by atoms with van der Waals surface area (Å²) in [6.07, 6.45) is 1.13. The molecule has 1 aliphatic rings. The number of hydrogen-bond donors (Lipinski definition) is 1. The molecule has 19 heavy (non-hydrogen) atoms. The number of halogens is 1. The van der Waals surface area contributed by atoms with Gasteiger partial charge in [-0.05, 0) is 24.1 Å². The van der Waals surface area contributed by atoms with E-state index >= 15 is 0 Å². The van der Waals surface area contributed by atoms with Crippen molar-refractivity contribution in [3.8, 4) is 0 Å². The second kappa shape index (κ2) is 6.43. The molecule has 0 bridgehead atoms. The van der Waals surface area contributed by atoms with Crippen LogP contribution < -0.4 is 5.32 Å². The van der Waals surface area contributed by atoms with Crippen molar-refractivity contribution in [2.24, 2.45) is 0 Å². The van der Waals surface area contributed by atoms with Crippen molar-refractivity contribution in [3.05, 3.63) is 35.6 Å². The molecule has 0 unspecified atom stereocenters. The third kappa shape index (κ3) is 4.44. The molecule has 0 radical (unpaired) electrons. The fourth-order valence-corrected chi connectivity index (χ4v) is 2.14. The Morgan fingerprint density at radius 3 is 2.79 bits per heavy atom. The number of hydrogen-bond acceptors (Lipinski definition) is 3. The number of carbonyl (C=O) groups is 2. The molecule has 1 saturated heterocycles. The molecule has 2 rings (SSSR count). The minimum Gasteiger partial charge on any atom is -0.355 e. The Morgan fingerprint density at radius 1 is 1.32 bits per heavy atom. The molecular weight excluding hydrogens is 247 g/mol. The van der Waals surface area contributed by atoms with E-state index in [2.05, 4.69) is 5.32 Å². The second-order valence-corrected chi connectivity index (χ2v) is 4.76. The highest BCUT2D eigenvalue weighted by atomic mass is 19.1. The third-order valence-electron chi connectivity index (χ3n) is 3.06. The fourth-order valence-electron chi connectivity index (χ4n) is 2.14. The molecule has 0 atom stereocenters. The van der Waals surface area contributed by atoms with Gasteiger partial charge in [-0.25, -0.2) is 4.39 Å². The summed E-state index contributed by atoms with van der Waals surface area (Å²) in [7, 11) is 0. The van der Waals surface area contributed by atoms with Gasteiger partial charge in [0.2, 0.25) is 5.91 Å². The summed E-state index contributed by atoms with van der Waals surface area (Å²) in [5, 5.41) is 2.77. The Kier molecular flexibility index (Phi) is 4.63. The Hall–Kier alpha value is -1.75. The number of rotatable bonds is 4. The number of benzene rings is 1. The summed E-state index contributed by atoms with van der Waals surface area (Å²) in [5.41, 5.74) is 0.797. The molecule has 1 N–H and O–H groups in total. The largest absolute Gasteiger partial charge is 0.355 e. The average Bonchev–Trinajstić information content (AvgIpc) is 2.56. The summed E-state index contributed by atoms with van der Waals surface area (Å²) in [6, 6.07) is 5.93. The molecule has 1 amide bonds. The molecule has 102 valence electrons. The van der Waals surface area contributed by atoms with E-state index in [9.17, 15) is 14.0 Å². The van der Waals surface area contributed by atoms with Gasteiger partial charge in [0.05, 0.1) is 13.1 Å². The average molecular weight is 264 g/mol. The van der Waals surface area contributed by atoms with Crippen LogP contribution in [0.3, 0.4) is 0 Å². The molecule has 1 aliphatic heterocycles. The van der Waals surface area contributed by atoms with Gasteiger partial charge in [0.1, 0.15) is 5.82 Å². The Bertz CT molecular complexity index is 459.